The summed E-state index contributed by atoms with van der Waals surface area (Å²) in [4.78, 5) is 12.6. The van der Waals surface area contributed by atoms with Crippen LogP contribution in [0.2, 0.25) is 0 Å². The summed E-state index contributed by atoms with van der Waals surface area (Å²) in [6.07, 6.45) is 5.72. The summed E-state index contributed by atoms with van der Waals surface area (Å²) in [5, 5.41) is 11.3. The molecule has 4 nitrogen and oxygen atoms in total. The van der Waals surface area contributed by atoms with Crippen LogP contribution in [0.1, 0.15) is 74.4 Å². The minimum Gasteiger partial charge on any atom is -0.493 e. The number of unbranched alkanes of at least 4 members (excludes halogenated alkanes) is 1. The lowest BCUT2D eigenvalue weighted by Gasteiger charge is -2.41. The molecule has 3 unspecified atom stereocenters. The number of ether oxygens (including phenoxy) is 2. The number of fused-ring (bicyclic) bond motifs is 5. The van der Waals surface area contributed by atoms with Crippen molar-refractivity contribution in [1.29, 1.82) is 0 Å². The van der Waals surface area contributed by atoms with E-state index in [0.717, 1.165) is 55.2 Å². The Labute approximate surface area is 184 Å². The van der Waals surface area contributed by atoms with E-state index in [1.54, 1.807) is 6.07 Å². The van der Waals surface area contributed by atoms with Gasteiger partial charge in [-0.25, -0.2) is 4.79 Å². The molecule has 2 aromatic carbocycles. The quantitative estimate of drug-likeness (QED) is 0.344. The molecule has 164 valence electrons. The normalized spacial score (nSPS) is 26.3. The van der Waals surface area contributed by atoms with E-state index in [2.05, 4.69) is 39.5 Å². The van der Waals surface area contributed by atoms with Crippen molar-refractivity contribution in [3.8, 4) is 16.9 Å². The SMILES string of the molecule is C=COC(=O)c1ccccc1-c1cc2c(cc1OCCCC)C1(C)CCCC2(C)C1O. The molecule has 2 aliphatic carbocycles. The highest BCUT2D eigenvalue weighted by Gasteiger charge is 2.57. The third-order valence-corrected chi connectivity index (χ3v) is 7.33. The summed E-state index contributed by atoms with van der Waals surface area (Å²) < 4.78 is 11.3. The third kappa shape index (κ3) is 3.38. The number of hydrogen-bond acceptors (Lipinski definition) is 4. The van der Waals surface area contributed by atoms with Gasteiger partial charge in [-0.2, -0.15) is 0 Å². The van der Waals surface area contributed by atoms with Crippen molar-refractivity contribution in [2.75, 3.05) is 6.61 Å². The summed E-state index contributed by atoms with van der Waals surface area (Å²) in [7, 11) is 0. The van der Waals surface area contributed by atoms with Gasteiger partial charge in [-0.05, 0) is 54.2 Å². The van der Waals surface area contributed by atoms with Crippen LogP contribution in [0.5, 0.6) is 5.75 Å². The van der Waals surface area contributed by atoms with Gasteiger partial charge in [-0.3, -0.25) is 0 Å². The first-order chi connectivity index (χ1) is 14.9. The molecule has 0 radical (unpaired) electrons. The molecule has 4 heteroatoms. The minimum absolute atomic E-state index is 0.273. The van der Waals surface area contributed by atoms with Gasteiger partial charge in [-0.15, -0.1) is 0 Å². The van der Waals surface area contributed by atoms with Crippen LogP contribution >= 0.6 is 0 Å². The first kappa shape index (κ1) is 21.6. The smallest absolute Gasteiger partial charge is 0.343 e. The molecule has 0 spiro atoms. The Morgan fingerprint density at radius 3 is 2.52 bits per heavy atom. The van der Waals surface area contributed by atoms with Crippen molar-refractivity contribution in [3.05, 3.63) is 65.9 Å². The van der Waals surface area contributed by atoms with Gasteiger partial charge >= 0.3 is 5.97 Å². The number of carbonyl (C=O) groups is 1. The highest BCUT2D eigenvalue weighted by molar-refractivity contribution is 5.98. The maximum absolute atomic E-state index is 12.6. The van der Waals surface area contributed by atoms with Crippen molar-refractivity contribution < 1.29 is 19.4 Å². The molecule has 0 saturated heterocycles. The molecule has 1 saturated carbocycles. The number of esters is 1. The summed E-state index contributed by atoms with van der Waals surface area (Å²) in [6, 6.07) is 11.7. The van der Waals surface area contributed by atoms with Gasteiger partial charge in [0, 0.05) is 16.4 Å². The number of carbonyl (C=O) groups excluding carboxylic acids is 1. The van der Waals surface area contributed by atoms with Crippen LogP contribution in [0.25, 0.3) is 11.1 Å². The zero-order valence-corrected chi connectivity index (χ0v) is 18.7. The van der Waals surface area contributed by atoms with Crippen LogP contribution in [0.15, 0.2) is 49.2 Å². The molecule has 0 amide bonds. The number of aliphatic hydroxyl groups excluding tert-OH is 1. The van der Waals surface area contributed by atoms with E-state index < -0.39 is 12.1 Å². The Balaban J connectivity index is 1.92. The standard InChI is InChI=1S/C27H32O4/c1-5-7-15-31-23-17-22-21(26(3)13-10-14-27(22,4)25(26)29)16-20(23)18-11-8-9-12-19(18)24(28)30-6-2/h6,8-9,11-12,16-17,25,29H,2,5,7,10,13-15H2,1,3-4H3. The Kier molecular flexibility index (Phi) is 5.69. The topological polar surface area (TPSA) is 55.8 Å². The van der Waals surface area contributed by atoms with E-state index in [1.807, 2.05) is 18.2 Å². The summed E-state index contributed by atoms with van der Waals surface area (Å²) >= 11 is 0. The summed E-state index contributed by atoms with van der Waals surface area (Å²) in [6.45, 7) is 10.6. The van der Waals surface area contributed by atoms with Gasteiger partial charge in [0.1, 0.15) is 5.75 Å². The average Bonchev–Trinajstić information content (AvgIpc) is 2.85. The average molecular weight is 421 g/mol. The number of benzene rings is 2. The molecule has 2 aromatic rings. The molecule has 2 bridgehead atoms. The molecule has 0 aromatic heterocycles. The molecule has 31 heavy (non-hydrogen) atoms. The lowest BCUT2D eigenvalue weighted by Crippen LogP contribution is -2.46. The predicted octanol–water partition coefficient (Wildman–Crippen LogP) is 5.91. The van der Waals surface area contributed by atoms with Crippen LogP contribution in [-0.4, -0.2) is 23.8 Å². The fourth-order valence-electron chi connectivity index (χ4n) is 5.58. The van der Waals surface area contributed by atoms with Crippen molar-refractivity contribution in [3.63, 3.8) is 0 Å². The van der Waals surface area contributed by atoms with Gasteiger partial charge in [0.2, 0.25) is 0 Å². The Morgan fingerprint density at radius 1 is 1.16 bits per heavy atom. The van der Waals surface area contributed by atoms with Gasteiger partial charge in [0.25, 0.3) is 0 Å². The van der Waals surface area contributed by atoms with Crippen LogP contribution in [0.4, 0.5) is 0 Å². The third-order valence-electron chi connectivity index (χ3n) is 7.33. The summed E-state index contributed by atoms with van der Waals surface area (Å²) in [5.74, 6) is 0.318. The molecule has 4 rings (SSSR count). The van der Waals surface area contributed by atoms with Gasteiger partial charge < -0.3 is 14.6 Å². The highest BCUT2D eigenvalue weighted by Crippen LogP contribution is 2.59. The minimum atomic E-state index is -0.442. The van der Waals surface area contributed by atoms with Gasteiger partial charge in [-0.1, -0.05) is 58.4 Å². The van der Waals surface area contributed by atoms with Crippen molar-refractivity contribution in [2.45, 2.75) is 69.8 Å². The maximum atomic E-state index is 12.6. The van der Waals surface area contributed by atoms with Gasteiger partial charge in [0.05, 0.1) is 24.5 Å². The Hall–Kier alpha value is -2.59. The number of aliphatic hydroxyl groups is 1. The zero-order chi connectivity index (χ0) is 22.2. The van der Waals surface area contributed by atoms with Crippen LogP contribution in [0.3, 0.4) is 0 Å². The lowest BCUT2D eigenvalue weighted by atomic mass is 9.66. The van der Waals surface area contributed by atoms with E-state index in [-0.39, 0.29) is 10.8 Å². The van der Waals surface area contributed by atoms with Crippen molar-refractivity contribution in [2.24, 2.45) is 0 Å². The molecule has 1 fully saturated rings. The predicted molar refractivity (Wildman–Crippen MR) is 122 cm³/mol. The van der Waals surface area contributed by atoms with Crippen LogP contribution in [-0.2, 0) is 15.6 Å². The molecule has 3 atom stereocenters. The van der Waals surface area contributed by atoms with E-state index in [1.165, 1.54) is 11.1 Å². The fourth-order valence-corrected chi connectivity index (χ4v) is 5.58. The van der Waals surface area contributed by atoms with Crippen LogP contribution < -0.4 is 4.74 Å². The second kappa shape index (κ2) is 8.16. The van der Waals surface area contributed by atoms with Gasteiger partial charge in [0.15, 0.2) is 0 Å². The monoisotopic (exact) mass is 420 g/mol. The lowest BCUT2D eigenvalue weighted by molar-refractivity contribution is 0.00835. The summed E-state index contributed by atoms with van der Waals surface area (Å²) in [5.41, 5.74) is 3.90. The van der Waals surface area contributed by atoms with E-state index in [0.29, 0.717) is 12.2 Å². The number of hydrogen-bond donors (Lipinski definition) is 1. The molecule has 0 heterocycles. The fraction of sp³-hybridized carbons (Fsp3) is 0.444. The van der Waals surface area contributed by atoms with Crippen molar-refractivity contribution >= 4 is 5.97 Å². The first-order valence-electron chi connectivity index (χ1n) is 11.3. The highest BCUT2D eigenvalue weighted by atomic mass is 16.5. The largest absolute Gasteiger partial charge is 0.493 e. The van der Waals surface area contributed by atoms with Crippen LogP contribution in [0, 0.1) is 0 Å². The number of rotatable bonds is 7. The van der Waals surface area contributed by atoms with E-state index in [4.69, 9.17) is 9.47 Å². The van der Waals surface area contributed by atoms with Crippen molar-refractivity contribution in [1.82, 2.24) is 0 Å². The van der Waals surface area contributed by atoms with E-state index in [9.17, 15) is 9.90 Å². The Bertz CT molecular complexity index is 1010. The zero-order valence-electron chi connectivity index (χ0n) is 18.7. The molecule has 0 aliphatic heterocycles. The second-order valence-corrected chi connectivity index (χ2v) is 9.30. The molecular formula is C27H32O4. The second-order valence-electron chi connectivity index (χ2n) is 9.30. The van der Waals surface area contributed by atoms with E-state index >= 15 is 0 Å². The molecule has 2 aliphatic rings. The molecular weight excluding hydrogens is 388 g/mol. The Morgan fingerprint density at radius 2 is 1.84 bits per heavy atom. The maximum Gasteiger partial charge on any atom is 0.343 e. The first-order valence-corrected chi connectivity index (χ1v) is 11.3. The molecule has 1 N–H and O–H groups in total.